The summed E-state index contributed by atoms with van der Waals surface area (Å²) in [6, 6.07) is 9.24. The molecule has 19 heavy (non-hydrogen) atoms. The number of hydrogen-bond donors (Lipinski definition) is 1. The number of nitrogens with zero attached hydrogens (tertiary/aromatic N) is 2. The molecule has 1 amide bonds. The molecule has 1 aliphatic rings. The number of aliphatic carboxylic acids is 1. The lowest BCUT2D eigenvalue weighted by Crippen LogP contribution is -2.55. The van der Waals surface area contributed by atoms with Crippen molar-refractivity contribution >= 4 is 11.9 Å². The molecule has 1 heterocycles. The lowest BCUT2D eigenvalue weighted by molar-refractivity contribution is -0.148. The molecule has 1 N–H and O–H groups in total. The lowest BCUT2D eigenvalue weighted by atomic mass is 10.1. The molecule has 0 bridgehead atoms. The molecule has 1 fully saturated rings. The normalized spacial score (nSPS) is 20.6. The molecule has 102 valence electrons. The maximum Gasteiger partial charge on any atom is 0.305 e. The molecule has 5 nitrogen and oxygen atoms in total. The maximum absolute atomic E-state index is 12.1. The predicted molar refractivity (Wildman–Crippen MR) is 70.5 cm³/mol. The van der Waals surface area contributed by atoms with Crippen LogP contribution >= 0.6 is 0 Å². The zero-order valence-corrected chi connectivity index (χ0v) is 11.0. The second-order valence-corrected chi connectivity index (χ2v) is 4.83. The number of hydrogen-bond acceptors (Lipinski definition) is 3. The van der Waals surface area contributed by atoms with Gasteiger partial charge in [0.2, 0.25) is 5.91 Å². The summed E-state index contributed by atoms with van der Waals surface area (Å²) < 4.78 is 0. The van der Waals surface area contributed by atoms with Crippen molar-refractivity contribution in [2.24, 2.45) is 0 Å². The largest absolute Gasteiger partial charge is 0.481 e. The molecule has 1 aliphatic heterocycles. The quantitative estimate of drug-likeness (QED) is 0.872. The van der Waals surface area contributed by atoms with Crippen LogP contribution in [0.1, 0.15) is 12.0 Å². The van der Waals surface area contributed by atoms with Gasteiger partial charge in [-0.3, -0.25) is 14.5 Å². The van der Waals surface area contributed by atoms with Crippen molar-refractivity contribution in [2.75, 3.05) is 20.1 Å². The molecule has 0 unspecified atom stereocenters. The molecule has 1 atom stereocenters. The Labute approximate surface area is 112 Å². The number of amides is 1. The van der Waals surface area contributed by atoms with Gasteiger partial charge in [-0.1, -0.05) is 30.3 Å². The van der Waals surface area contributed by atoms with E-state index in [4.69, 9.17) is 5.11 Å². The Morgan fingerprint density at radius 2 is 2.00 bits per heavy atom. The third-order valence-electron chi connectivity index (χ3n) is 3.42. The van der Waals surface area contributed by atoms with Gasteiger partial charge in [-0.15, -0.1) is 0 Å². The van der Waals surface area contributed by atoms with E-state index >= 15 is 0 Å². The summed E-state index contributed by atoms with van der Waals surface area (Å²) in [5.41, 5.74) is 1.09. The average Bonchev–Trinajstić information content (AvgIpc) is 2.39. The first-order valence-corrected chi connectivity index (χ1v) is 6.32. The summed E-state index contributed by atoms with van der Waals surface area (Å²) in [6.07, 6.45) is -0.143. The van der Waals surface area contributed by atoms with Crippen LogP contribution in [0.5, 0.6) is 0 Å². The van der Waals surface area contributed by atoms with Gasteiger partial charge in [0.05, 0.1) is 6.42 Å². The van der Waals surface area contributed by atoms with Crippen molar-refractivity contribution in [1.29, 1.82) is 0 Å². The first-order chi connectivity index (χ1) is 9.08. The molecule has 0 saturated carbocycles. The SMILES string of the molecule is CN1CCN(Cc2ccccc2)[C@@H](CC(=O)O)C1=O. The summed E-state index contributed by atoms with van der Waals surface area (Å²) in [7, 11) is 1.72. The van der Waals surface area contributed by atoms with Gasteiger partial charge in [0.15, 0.2) is 0 Å². The molecule has 2 rings (SSSR count). The van der Waals surface area contributed by atoms with Gasteiger partial charge in [-0.2, -0.15) is 0 Å². The Kier molecular flexibility index (Phi) is 4.16. The van der Waals surface area contributed by atoms with Crippen molar-refractivity contribution in [3.05, 3.63) is 35.9 Å². The zero-order valence-electron chi connectivity index (χ0n) is 11.0. The van der Waals surface area contributed by atoms with Gasteiger partial charge >= 0.3 is 5.97 Å². The summed E-state index contributed by atoms with van der Waals surface area (Å²) in [5.74, 6) is -1.05. The molecule has 1 saturated heterocycles. The number of likely N-dealkylation sites (N-methyl/N-ethyl adjacent to an activating group) is 1. The van der Waals surface area contributed by atoms with Crippen LogP contribution in [0, 0.1) is 0 Å². The summed E-state index contributed by atoms with van der Waals surface area (Å²) in [5, 5.41) is 8.96. The molecule has 0 radical (unpaired) electrons. The smallest absolute Gasteiger partial charge is 0.305 e. The molecule has 0 aliphatic carbocycles. The molecule has 1 aromatic carbocycles. The van der Waals surface area contributed by atoms with Crippen LogP contribution in [0.15, 0.2) is 30.3 Å². The standard InChI is InChI=1S/C14H18N2O3/c1-15-7-8-16(10-11-5-3-2-4-6-11)12(14(15)19)9-13(17)18/h2-6,12H,7-10H2,1H3,(H,17,18)/t12-/m0/s1. The van der Waals surface area contributed by atoms with E-state index in [1.54, 1.807) is 11.9 Å². The molecule has 0 spiro atoms. The van der Waals surface area contributed by atoms with Crippen LogP contribution in [0.3, 0.4) is 0 Å². The highest BCUT2D eigenvalue weighted by molar-refractivity contribution is 5.86. The monoisotopic (exact) mass is 262 g/mol. The summed E-state index contributed by atoms with van der Waals surface area (Å²) in [6.45, 7) is 1.95. The highest BCUT2D eigenvalue weighted by atomic mass is 16.4. The second kappa shape index (κ2) is 5.84. The Balaban J connectivity index is 2.12. The van der Waals surface area contributed by atoms with Gasteiger partial charge in [-0.05, 0) is 5.56 Å². The minimum atomic E-state index is -0.938. The molecular formula is C14H18N2O3. The van der Waals surface area contributed by atoms with Crippen LogP contribution in [-0.4, -0.2) is 53.0 Å². The Hall–Kier alpha value is -1.88. The first-order valence-electron chi connectivity index (χ1n) is 6.32. The van der Waals surface area contributed by atoms with E-state index in [0.29, 0.717) is 19.6 Å². The predicted octanol–water partition coefficient (Wildman–Crippen LogP) is 0.804. The van der Waals surface area contributed by atoms with Crippen LogP contribution in [0.4, 0.5) is 0 Å². The number of carboxylic acids is 1. The van der Waals surface area contributed by atoms with Gasteiger partial charge in [0.25, 0.3) is 0 Å². The molecule has 0 aromatic heterocycles. The van der Waals surface area contributed by atoms with Crippen LogP contribution in [-0.2, 0) is 16.1 Å². The van der Waals surface area contributed by atoms with E-state index < -0.39 is 12.0 Å². The van der Waals surface area contributed by atoms with Crippen molar-refractivity contribution in [3.63, 3.8) is 0 Å². The highest BCUT2D eigenvalue weighted by Crippen LogP contribution is 2.17. The van der Waals surface area contributed by atoms with Gasteiger partial charge in [0.1, 0.15) is 6.04 Å². The fourth-order valence-corrected chi connectivity index (χ4v) is 2.34. The average molecular weight is 262 g/mol. The number of carboxylic acid groups (broad SMARTS) is 1. The number of carbonyl (C=O) groups is 2. The second-order valence-electron chi connectivity index (χ2n) is 4.83. The topological polar surface area (TPSA) is 60.9 Å². The van der Waals surface area contributed by atoms with Crippen LogP contribution in [0.2, 0.25) is 0 Å². The van der Waals surface area contributed by atoms with E-state index in [1.807, 2.05) is 35.2 Å². The third-order valence-corrected chi connectivity index (χ3v) is 3.42. The lowest BCUT2D eigenvalue weighted by Gasteiger charge is -2.38. The van der Waals surface area contributed by atoms with Crippen molar-refractivity contribution in [1.82, 2.24) is 9.80 Å². The van der Waals surface area contributed by atoms with E-state index in [9.17, 15) is 9.59 Å². The van der Waals surface area contributed by atoms with Crippen LogP contribution in [0.25, 0.3) is 0 Å². The van der Waals surface area contributed by atoms with E-state index in [0.717, 1.165) is 5.56 Å². The fraction of sp³-hybridized carbons (Fsp3) is 0.429. The highest BCUT2D eigenvalue weighted by Gasteiger charge is 2.34. The van der Waals surface area contributed by atoms with Crippen molar-refractivity contribution in [2.45, 2.75) is 19.0 Å². The Bertz CT molecular complexity index is 461. The Morgan fingerprint density at radius 1 is 1.32 bits per heavy atom. The third kappa shape index (κ3) is 3.32. The molecular weight excluding hydrogens is 244 g/mol. The zero-order chi connectivity index (χ0) is 13.8. The molecule has 1 aromatic rings. The molecule has 5 heteroatoms. The summed E-state index contributed by atoms with van der Waals surface area (Å²) >= 11 is 0. The van der Waals surface area contributed by atoms with Gasteiger partial charge < -0.3 is 10.0 Å². The number of rotatable bonds is 4. The van der Waals surface area contributed by atoms with E-state index in [1.165, 1.54) is 0 Å². The fourth-order valence-electron chi connectivity index (χ4n) is 2.34. The van der Waals surface area contributed by atoms with Crippen LogP contribution < -0.4 is 0 Å². The van der Waals surface area contributed by atoms with E-state index in [2.05, 4.69) is 0 Å². The van der Waals surface area contributed by atoms with Gasteiger partial charge in [-0.25, -0.2) is 0 Å². The minimum Gasteiger partial charge on any atom is -0.481 e. The van der Waals surface area contributed by atoms with Crippen molar-refractivity contribution in [3.8, 4) is 0 Å². The maximum atomic E-state index is 12.1. The van der Waals surface area contributed by atoms with Crippen molar-refractivity contribution < 1.29 is 14.7 Å². The minimum absolute atomic E-state index is 0.107. The Morgan fingerprint density at radius 3 is 2.63 bits per heavy atom. The summed E-state index contributed by atoms with van der Waals surface area (Å²) in [4.78, 5) is 26.6. The number of benzene rings is 1. The number of piperazine rings is 1. The van der Waals surface area contributed by atoms with E-state index in [-0.39, 0.29) is 12.3 Å². The number of carbonyl (C=O) groups excluding carboxylic acids is 1. The first kappa shape index (κ1) is 13.5. The van der Waals surface area contributed by atoms with Gasteiger partial charge in [0, 0.05) is 26.7 Å².